The van der Waals surface area contributed by atoms with Crippen LogP contribution in [0.25, 0.3) is 10.9 Å². The summed E-state index contributed by atoms with van der Waals surface area (Å²) in [6, 6.07) is 3.78. The van der Waals surface area contributed by atoms with Gasteiger partial charge in [-0.25, -0.2) is 22.7 Å². The number of hydrogen-bond donors (Lipinski definition) is 2. The molecule has 0 fully saturated rings. The number of aromatic nitrogens is 1. The van der Waals surface area contributed by atoms with E-state index in [-0.39, 0.29) is 34.8 Å². The van der Waals surface area contributed by atoms with E-state index in [9.17, 15) is 22.8 Å². The molecule has 0 saturated carbocycles. The van der Waals surface area contributed by atoms with Crippen molar-refractivity contribution in [2.75, 3.05) is 13.1 Å². The fraction of sp³-hybridized carbons (Fsp3) is 0.308. The molecule has 0 unspecified atom stereocenters. The summed E-state index contributed by atoms with van der Waals surface area (Å²) in [6.07, 6.45) is 0. The van der Waals surface area contributed by atoms with Gasteiger partial charge in [-0.15, -0.1) is 0 Å². The molecule has 23 heavy (non-hydrogen) atoms. The average Bonchev–Trinajstić information content (AvgIpc) is 2.48. The molecule has 2 rings (SSSR count). The smallest absolute Gasteiger partial charge is 0.372 e. The molecule has 2 N–H and O–H groups in total. The van der Waals surface area contributed by atoms with Gasteiger partial charge >= 0.3 is 11.4 Å². The van der Waals surface area contributed by atoms with Gasteiger partial charge in [0, 0.05) is 27.1 Å². The summed E-state index contributed by atoms with van der Waals surface area (Å²) >= 11 is 0. The molecule has 0 bridgehead atoms. The van der Waals surface area contributed by atoms with Crippen molar-refractivity contribution in [1.29, 1.82) is 0 Å². The lowest BCUT2D eigenvalue weighted by atomic mass is 10.2. The minimum atomic E-state index is -3.86. The van der Waals surface area contributed by atoms with Crippen LogP contribution in [0.4, 0.5) is 0 Å². The van der Waals surface area contributed by atoms with E-state index in [1.165, 1.54) is 26.1 Å². The van der Waals surface area contributed by atoms with Crippen LogP contribution >= 0.6 is 0 Å². The summed E-state index contributed by atoms with van der Waals surface area (Å²) in [5, 5.41) is 2.44. The number of hydrogen-bond acceptors (Lipinski definition) is 6. The zero-order valence-corrected chi connectivity index (χ0v) is 13.3. The summed E-state index contributed by atoms with van der Waals surface area (Å²) < 4.78 is 32.2. The topological polar surface area (TPSA) is 127 Å². The Morgan fingerprint density at radius 2 is 1.96 bits per heavy atom. The lowest BCUT2D eigenvalue weighted by Gasteiger charge is -2.08. The molecule has 1 aromatic heterocycles. The highest BCUT2D eigenvalue weighted by Gasteiger charge is 2.16. The van der Waals surface area contributed by atoms with Crippen LogP contribution in [-0.2, 0) is 21.9 Å². The highest BCUT2D eigenvalue weighted by atomic mass is 32.2. The molecule has 9 nitrogen and oxygen atoms in total. The first kappa shape index (κ1) is 16.9. The van der Waals surface area contributed by atoms with E-state index in [2.05, 4.69) is 14.5 Å². The minimum absolute atomic E-state index is 0.00182. The van der Waals surface area contributed by atoms with Crippen molar-refractivity contribution in [3.05, 3.63) is 39.2 Å². The predicted octanol–water partition coefficient (Wildman–Crippen LogP) is -1.09. The molecular formula is C13H15N3O6S. The normalized spacial score (nSPS) is 11.6. The van der Waals surface area contributed by atoms with Gasteiger partial charge in [0.2, 0.25) is 15.9 Å². The maximum atomic E-state index is 12.2. The largest absolute Gasteiger partial charge is 0.422 e. The van der Waals surface area contributed by atoms with Gasteiger partial charge in [0.25, 0.3) is 0 Å². The Morgan fingerprint density at radius 3 is 2.61 bits per heavy atom. The second-order valence-electron chi connectivity index (χ2n) is 4.77. The second kappa shape index (κ2) is 6.34. The standard InChI is InChI=1S/C13H15N3O6S/c1-8(17)14-5-6-15-23(20,21)9-3-4-11-10(7-9)12(18)22-13(19)16(11)2/h3-4,7,15H,5-6H2,1-2H3,(H,14,17). The summed E-state index contributed by atoms with van der Waals surface area (Å²) in [6.45, 7) is 1.46. The number of aryl methyl sites for hydroxylation is 1. The first-order chi connectivity index (χ1) is 10.7. The number of carbonyl (C=O) groups is 1. The van der Waals surface area contributed by atoms with Gasteiger partial charge in [-0.3, -0.25) is 9.36 Å². The van der Waals surface area contributed by atoms with Crippen molar-refractivity contribution in [3.8, 4) is 0 Å². The SMILES string of the molecule is CC(=O)NCCNS(=O)(=O)c1ccc2c(c1)c(=O)oc(=O)n2C. The summed E-state index contributed by atoms with van der Waals surface area (Å²) in [5.41, 5.74) is -0.637. The molecule has 0 spiro atoms. The number of benzene rings is 1. The highest BCUT2D eigenvalue weighted by molar-refractivity contribution is 7.89. The number of carbonyl (C=O) groups excluding carboxylic acids is 1. The second-order valence-corrected chi connectivity index (χ2v) is 6.54. The zero-order valence-electron chi connectivity index (χ0n) is 12.5. The molecule has 0 aliphatic carbocycles. The van der Waals surface area contributed by atoms with Crippen LogP contribution in [0.2, 0.25) is 0 Å². The molecule has 2 aromatic rings. The van der Waals surface area contributed by atoms with E-state index < -0.39 is 21.4 Å². The summed E-state index contributed by atoms with van der Waals surface area (Å²) in [4.78, 5) is 33.7. The Balaban J connectivity index is 2.35. The predicted molar refractivity (Wildman–Crippen MR) is 81.6 cm³/mol. The molecule has 1 amide bonds. The lowest BCUT2D eigenvalue weighted by molar-refractivity contribution is -0.118. The number of sulfonamides is 1. The third kappa shape index (κ3) is 3.66. The minimum Gasteiger partial charge on any atom is -0.372 e. The molecular weight excluding hydrogens is 326 g/mol. The molecule has 0 atom stereocenters. The van der Waals surface area contributed by atoms with Crippen molar-refractivity contribution < 1.29 is 17.6 Å². The van der Waals surface area contributed by atoms with Crippen LogP contribution in [0.3, 0.4) is 0 Å². The number of amides is 1. The van der Waals surface area contributed by atoms with E-state index >= 15 is 0 Å². The van der Waals surface area contributed by atoms with E-state index in [4.69, 9.17) is 0 Å². The van der Waals surface area contributed by atoms with Crippen molar-refractivity contribution in [2.24, 2.45) is 7.05 Å². The fourth-order valence-corrected chi connectivity index (χ4v) is 3.00. The third-order valence-electron chi connectivity index (χ3n) is 3.10. The Hall–Kier alpha value is -2.46. The number of rotatable bonds is 5. The molecule has 124 valence electrons. The first-order valence-electron chi connectivity index (χ1n) is 6.60. The van der Waals surface area contributed by atoms with Crippen molar-refractivity contribution in [2.45, 2.75) is 11.8 Å². The summed E-state index contributed by atoms with van der Waals surface area (Å²) in [5.74, 6) is -1.10. The average molecular weight is 341 g/mol. The number of nitrogens with one attached hydrogen (secondary N) is 2. The van der Waals surface area contributed by atoms with Gasteiger partial charge in [0.1, 0.15) is 0 Å². The lowest BCUT2D eigenvalue weighted by Crippen LogP contribution is -2.33. The van der Waals surface area contributed by atoms with Crippen LogP contribution in [0.15, 0.2) is 37.1 Å². The summed E-state index contributed by atoms with van der Waals surface area (Å²) in [7, 11) is -2.45. The van der Waals surface area contributed by atoms with Crippen LogP contribution < -0.4 is 21.4 Å². The van der Waals surface area contributed by atoms with Crippen molar-refractivity contribution in [1.82, 2.24) is 14.6 Å². The first-order valence-corrected chi connectivity index (χ1v) is 8.08. The molecule has 10 heteroatoms. The van der Waals surface area contributed by atoms with E-state index in [0.717, 1.165) is 10.6 Å². The number of nitrogens with zero attached hydrogens (tertiary/aromatic N) is 1. The highest BCUT2D eigenvalue weighted by Crippen LogP contribution is 2.15. The molecule has 1 aromatic carbocycles. The van der Waals surface area contributed by atoms with Crippen LogP contribution in [0.5, 0.6) is 0 Å². The monoisotopic (exact) mass is 341 g/mol. The Kier molecular flexibility index (Phi) is 4.66. The molecule has 0 radical (unpaired) electrons. The van der Waals surface area contributed by atoms with E-state index in [0.29, 0.717) is 0 Å². The van der Waals surface area contributed by atoms with E-state index in [1.54, 1.807) is 0 Å². The zero-order chi connectivity index (χ0) is 17.2. The quantitative estimate of drug-likeness (QED) is 0.665. The van der Waals surface area contributed by atoms with Crippen molar-refractivity contribution in [3.63, 3.8) is 0 Å². The van der Waals surface area contributed by atoms with Gasteiger partial charge in [-0.1, -0.05) is 0 Å². The fourth-order valence-electron chi connectivity index (χ4n) is 1.95. The Morgan fingerprint density at radius 1 is 1.26 bits per heavy atom. The van der Waals surface area contributed by atoms with Gasteiger partial charge in [-0.05, 0) is 18.2 Å². The van der Waals surface area contributed by atoms with Crippen LogP contribution in [-0.4, -0.2) is 32.0 Å². The third-order valence-corrected chi connectivity index (χ3v) is 4.56. The molecule has 0 saturated heterocycles. The van der Waals surface area contributed by atoms with Gasteiger partial charge < -0.3 is 9.73 Å². The van der Waals surface area contributed by atoms with Crippen molar-refractivity contribution >= 4 is 26.8 Å². The van der Waals surface area contributed by atoms with Gasteiger partial charge in [0.15, 0.2) is 0 Å². The molecule has 1 heterocycles. The Labute approximate surface area is 131 Å². The molecule has 0 aliphatic rings. The maximum Gasteiger partial charge on any atom is 0.422 e. The van der Waals surface area contributed by atoms with Crippen LogP contribution in [0.1, 0.15) is 6.92 Å². The van der Waals surface area contributed by atoms with Gasteiger partial charge in [-0.2, -0.15) is 0 Å². The van der Waals surface area contributed by atoms with E-state index in [1.807, 2.05) is 0 Å². The van der Waals surface area contributed by atoms with Crippen LogP contribution in [0, 0.1) is 0 Å². The van der Waals surface area contributed by atoms with Gasteiger partial charge in [0.05, 0.1) is 15.8 Å². The Bertz CT molecular complexity index is 973. The number of fused-ring (bicyclic) bond motifs is 1. The molecule has 0 aliphatic heterocycles. The maximum absolute atomic E-state index is 12.2.